The van der Waals surface area contributed by atoms with E-state index in [0.717, 1.165) is 16.8 Å². The normalized spacial score (nSPS) is 13.9. The molecule has 166 valence electrons. The zero-order chi connectivity index (χ0) is 22.9. The van der Waals surface area contributed by atoms with Gasteiger partial charge in [0.1, 0.15) is 16.3 Å². The number of pyridine rings is 1. The average molecular weight is 452 g/mol. The van der Waals surface area contributed by atoms with E-state index < -0.39 is 28.0 Å². The molecule has 0 saturated carbocycles. The molecule has 0 fully saturated rings. The Morgan fingerprint density at radius 2 is 1.81 bits per heavy atom. The monoisotopic (exact) mass is 451 g/mol. The van der Waals surface area contributed by atoms with E-state index in [1.807, 2.05) is 76.2 Å². The van der Waals surface area contributed by atoms with E-state index in [4.69, 9.17) is 4.52 Å². The number of hydrogen-bond donors (Lipinski definition) is 1. The molecule has 0 amide bonds. The predicted molar refractivity (Wildman–Crippen MR) is 126 cm³/mol. The fraction of sp³-hybridized carbons (Fsp3) is 0.280. The van der Waals surface area contributed by atoms with Crippen LogP contribution in [0.1, 0.15) is 43.8 Å². The van der Waals surface area contributed by atoms with Gasteiger partial charge in [0.15, 0.2) is 5.58 Å². The van der Waals surface area contributed by atoms with Gasteiger partial charge in [-0.25, -0.2) is 4.39 Å². The number of nitrogens with zero attached hydrogens (tertiary/aromatic N) is 2. The Balaban J connectivity index is 1.85. The molecule has 0 aliphatic carbocycles. The lowest BCUT2D eigenvalue weighted by Crippen LogP contribution is -2.42. The molecule has 5 nitrogen and oxygen atoms in total. The third kappa shape index (κ3) is 4.70. The molecule has 0 spiro atoms. The van der Waals surface area contributed by atoms with E-state index in [-0.39, 0.29) is 0 Å². The molecular weight excluding hydrogens is 425 g/mol. The summed E-state index contributed by atoms with van der Waals surface area (Å²) in [4.78, 5) is 4.58. The molecule has 2 heterocycles. The minimum atomic E-state index is -1.43. The molecule has 32 heavy (non-hydrogen) atoms. The first-order chi connectivity index (χ1) is 15.2. The number of nitrogens with one attached hydrogen (secondary N) is 1. The van der Waals surface area contributed by atoms with Crippen molar-refractivity contribution in [3.05, 3.63) is 83.4 Å². The molecule has 0 aliphatic heterocycles. The summed E-state index contributed by atoms with van der Waals surface area (Å²) in [6.07, 6.45) is 0.368. The summed E-state index contributed by atoms with van der Waals surface area (Å²) in [6.45, 7) is 7.55. The standard InChI is InChI=1S/C25H26FN3O2S/c1-16-9-7-10-17(27-16)15-21(29-32(30)25(2,3)4)23-19(12-8-13-20(23)26)24-18-11-5-6-14-22(18)31-28-24/h5-14,21,29H,15H2,1-4H3. The number of aromatic nitrogens is 2. The Hall–Kier alpha value is -2.74. The van der Waals surface area contributed by atoms with Crippen LogP contribution in [0.15, 0.2) is 65.2 Å². The van der Waals surface area contributed by atoms with E-state index in [9.17, 15) is 4.55 Å². The van der Waals surface area contributed by atoms with E-state index in [1.165, 1.54) is 6.07 Å². The van der Waals surface area contributed by atoms with Crippen molar-refractivity contribution in [2.45, 2.75) is 44.9 Å². The lowest BCUT2D eigenvalue weighted by atomic mass is 9.93. The Morgan fingerprint density at radius 3 is 2.56 bits per heavy atom. The highest BCUT2D eigenvalue weighted by Crippen LogP contribution is 2.36. The number of rotatable bonds is 6. The largest absolute Gasteiger partial charge is 0.598 e. The van der Waals surface area contributed by atoms with Gasteiger partial charge in [-0.1, -0.05) is 35.5 Å². The molecular formula is C25H26FN3O2S. The smallest absolute Gasteiger partial charge is 0.167 e. The van der Waals surface area contributed by atoms with Gasteiger partial charge in [-0.3, -0.25) is 4.98 Å². The van der Waals surface area contributed by atoms with Crippen molar-refractivity contribution in [2.24, 2.45) is 0 Å². The average Bonchev–Trinajstić information content (AvgIpc) is 3.16. The molecule has 2 aromatic heterocycles. The van der Waals surface area contributed by atoms with Crippen molar-refractivity contribution >= 4 is 22.3 Å². The van der Waals surface area contributed by atoms with Crippen LogP contribution in [0.5, 0.6) is 0 Å². The maximum absolute atomic E-state index is 15.4. The van der Waals surface area contributed by atoms with Gasteiger partial charge in [0, 0.05) is 45.7 Å². The van der Waals surface area contributed by atoms with Crippen molar-refractivity contribution in [3.8, 4) is 11.3 Å². The zero-order valence-corrected chi connectivity index (χ0v) is 19.4. The number of fused-ring (bicyclic) bond motifs is 1. The SMILES string of the molecule is Cc1cccc(CC(N[S+]([O-])C(C)(C)C)c2c(F)cccc2-c2noc3ccccc23)n1. The highest BCUT2D eigenvalue weighted by Gasteiger charge is 2.33. The van der Waals surface area contributed by atoms with Crippen LogP contribution < -0.4 is 4.72 Å². The second kappa shape index (κ2) is 9.02. The zero-order valence-electron chi connectivity index (χ0n) is 18.6. The maximum Gasteiger partial charge on any atom is 0.167 e. The van der Waals surface area contributed by atoms with Crippen LogP contribution in [0.3, 0.4) is 0 Å². The van der Waals surface area contributed by atoms with Crippen molar-refractivity contribution in [2.75, 3.05) is 0 Å². The Labute approximate surface area is 190 Å². The van der Waals surface area contributed by atoms with Crippen LogP contribution in [0, 0.1) is 12.7 Å². The summed E-state index contributed by atoms with van der Waals surface area (Å²) in [5, 5.41) is 5.03. The van der Waals surface area contributed by atoms with E-state index >= 15 is 4.39 Å². The minimum absolute atomic E-state index is 0.368. The second-order valence-corrected chi connectivity index (χ2v) is 10.8. The van der Waals surface area contributed by atoms with Crippen molar-refractivity contribution < 1.29 is 13.5 Å². The molecule has 2 aromatic carbocycles. The molecule has 4 aromatic rings. The van der Waals surface area contributed by atoms with Gasteiger partial charge in [-0.15, -0.1) is 4.72 Å². The lowest BCUT2D eigenvalue weighted by Gasteiger charge is -2.29. The summed E-state index contributed by atoms with van der Waals surface area (Å²) in [5.41, 5.74) is 3.84. The van der Waals surface area contributed by atoms with Gasteiger partial charge in [-0.2, -0.15) is 0 Å². The van der Waals surface area contributed by atoms with Crippen LogP contribution >= 0.6 is 0 Å². The van der Waals surface area contributed by atoms with Gasteiger partial charge in [0.2, 0.25) is 0 Å². The fourth-order valence-corrected chi connectivity index (χ4v) is 4.42. The Bertz CT molecular complexity index is 1240. The van der Waals surface area contributed by atoms with E-state index in [2.05, 4.69) is 14.9 Å². The van der Waals surface area contributed by atoms with E-state index in [0.29, 0.717) is 28.8 Å². The molecule has 4 rings (SSSR count). The molecule has 7 heteroatoms. The summed E-state index contributed by atoms with van der Waals surface area (Å²) in [6, 6.07) is 17.5. The fourth-order valence-electron chi connectivity index (χ4n) is 3.61. The lowest BCUT2D eigenvalue weighted by molar-refractivity contribution is 0.459. The highest BCUT2D eigenvalue weighted by atomic mass is 32.2. The topological polar surface area (TPSA) is 74.0 Å². The first-order valence-corrected chi connectivity index (χ1v) is 11.6. The Kier molecular flexibility index (Phi) is 6.33. The first kappa shape index (κ1) is 22.5. The molecule has 0 saturated heterocycles. The van der Waals surface area contributed by atoms with Gasteiger partial charge in [0.05, 0.1) is 6.04 Å². The number of benzene rings is 2. The molecule has 2 atom stereocenters. The molecule has 0 bridgehead atoms. The summed E-state index contributed by atoms with van der Waals surface area (Å²) in [5.74, 6) is -0.398. The van der Waals surface area contributed by atoms with Crippen molar-refractivity contribution in [1.82, 2.24) is 14.9 Å². The molecule has 0 aliphatic rings. The van der Waals surface area contributed by atoms with Crippen LogP contribution in [0.4, 0.5) is 4.39 Å². The van der Waals surface area contributed by atoms with Gasteiger partial charge in [-0.05, 0) is 58.0 Å². The first-order valence-electron chi connectivity index (χ1n) is 10.5. The number of hydrogen-bond acceptors (Lipinski definition) is 5. The van der Waals surface area contributed by atoms with Crippen molar-refractivity contribution in [1.29, 1.82) is 0 Å². The van der Waals surface area contributed by atoms with Crippen LogP contribution in [-0.4, -0.2) is 19.4 Å². The molecule has 0 radical (unpaired) electrons. The van der Waals surface area contributed by atoms with Crippen LogP contribution in [0.25, 0.3) is 22.2 Å². The van der Waals surface area contributed by atoms with Crippen LogP contribution in [-0.2, 0) is 17.8 Å². The molecule has 1 N–H and O–H groups in total. The van der Waals surface area contributed by atoms with E-state index in [1.54, 1.807) is 6.07 Å². The number of para-hydroxylation sites is 1. The van der Waals surface area contributed by atoms with Gasteiger partial charge in [0.25, 0.3) is 0 Å². The highest BCUT2D eigenvalue weighted by molar-refractivity contribution is 7.90. The summed E-state index contributed by atoms with van der Waals surface area (Å²) in [7, 11) is 0. The maximum atomic E-state index is 15.4. The van der Waals surface area contributed by atoms with Gasteiger partial charge >= 0.3 is 0 Å². The van der Waals surface area contributed by atoms with Crippen LogP contribution in [0.2, 0.25) is 0 Å². The predicted octanol–water partition coefficient (Wildman–Crippen LogP) is 5.67. The van der Waals surface area contributed by atoms with Gasteiger partial charge < -0.3 is 9.08 Å². The second-order valence-electron chi connectivity index (χ2n) is 8.75. The number of halogens is 1. The third-order valence-electron chi connectivity index (χ3n) is 5.20. The minimum Gasteiger partial charge on any atom is -0.598 e. The molecule has 2 unspecified atom stereocenters. The summed E-state index contributed by atoms with van der Waals surface area (Å²) < 4.78 is 36.6. The third-order valence-corrected chi connectivity index (χ3v) is 6.81. The quantitative estimate of drug-likeness (QED) is 0.382. The summed E-state index contributed by atoms with van der Waals surface area (Å²) >= 11 is -1.43. The van der Waals surface area contributed by atoms with Crippen molar-refractivity contribution in [3.63, 3.8) is 0 Å². The number of aryl methyl sites for hydroxylation is 1. The Morgan fingerprint density at radius 1 is 1.06 bits per heavy atom.